The Morgan fingerprint density at radius 1 is 1.14 bits per heavy atom. The quantitative estimate of drug-likeness (QED) is 0.491. The molecule has 8 nitrogen and oxygen atoms in total. The van der Waals surface area contributed by atoms with E-state index in [1.165, 1.54) is 4.90 Å². The minimum Gasteiger partial charge on any atom is -0.396 e. The average molecular weight is 526 g/mol. The molecular formula is C28H32ClN3O5. The number of nitrogens with one attached hydrogen (secondary N) is 2. The van der Waals surface area contributed by atoms with E-state index in [0.717, 1.165) is 5.56 Å². The largest absolute Gasteiger partial charge is 0.396 e. The van der Waals surface area contributed by atoms with Gasteiger partial charge in [-0.25, -0.2) is 0 Å². The van der Waals surface area contributed by atoms with Crippen molar-refractivity contribution in [2.75, 3.05) is 18.5 Å². The molecule has 0 aromatic heterocycles. The Labute approximate surface area is 221 Å². The molecule has 0 aliphatic carbocycles. The number of aliphatic hydroxyl groups excluding tert-OH is 1. The molecule has 3 heterocycles. The molecule has 1 spiro atoms. The normalized spacial score (nSPS) is 31.9. The highest BCUT2D eigenvalue weighted by atomic mass is 35.5. The summed E-state index contributed by atoms with van der Waals surface area (Å²) in [6.45, 7) is 4.27. The Hall–Kier alpha value is -2.94. The number of halogens is 1. The first kappa shape index (κ1) is 25.7. The van der Waals surface area contributed by atoms with Crippen LogP contribution in [-0.2, 0) is 25.7 Å². The summed E-state index contributed by atoms with van der Waals surface area (Å²) in [7, 11) is 0. The molecular weight excluding hydrogens is 494 g/mol. The number of hydrogen-bond donors (Lipinski definition) is 3. The number of anilines is 1. The fraction of sp³-hybridized carbons (Fsp3) is 0.464. The monoisotopic (exact) mass is 525 g/mol. The number of benzene rings is 2. The van der Waals surface area contributed by atoms with Crippen LogP contribution < -0.4 is 10.6 Å². The number of para-hydroxylation sites is 1. The molecule has 3 fully saturated rings. The molecule has 2 aromatic rings. The van der Waals surface area contributed by atoms with Gasteiger partial charge in [0.05, 0.1) is 28.1 Å². The van der Waals surface area contributed by atoms with Crippen molar-refractivity contribution in [3.05, 3.63) is 65.2 Å². The highest BCUT2D eigenvalue weighted by Crippen LogP contribution is 2.65. The van der Waals surface area contributed by atoms with Gasteiger partial charge in [-0.3, -0.25) is 14.4 Å². The van der Waals surface area contributed by atoms with Crippen LogP contribution in [0.25, 0.3) is 0 Å². The van der Waals surface area contributed by atoms with Crippen LogP contribution in [0.5, 0.6) is 0 Å². The summed E-state index contributed by atoms with van der Waals surface area (Å²) in [6, 6.07) is 15.5. The molecule has 3 N–H and O–H groups in total. The van der Waals surface area contributed by atoms with E-state index < -0.39 is 35.0 Å². The first-order chi connectivity index (χ1) is 17.7. The zero-order valence-corrected chi connectivity index (χ0v) is 21.7. The fourth-order valence-electron chi connectivity index (χ4n) is 6.58. The molecule has 196 valence electrons. The standard InChI is InChI=1S/C28H32ClN3O5/c1-17-15-28-22(21(27(17,2)37-28)24(34)30-16-18-9-4-3-5-10-18)26(36)32(13-8-14-33)23(28)25(35)31-20-12-7-6-11-19(20)29/h3-7,9-12,17,21-23,33H,8,13-16H2,1-2H3,(H,30,34)(H,31,35)/t17?,21-,22+,23?,27+,28?/m1/s1. The lowest BCUT2D eigenvalue weighted by molar-refractivity contribution is -0.146. The van der Waals surface area contributed by atoms with Crippen molar-refractivity contribution in [2.24, 2.45) is 17.8 Å². The molecule has 3 aliphatic rings. The molecule has 3 aliphatic heterocycles. The van der Waals surface area contributed by atoms with Crippen LogP contribution in [0.1, 0.15) is 32.3 Å². The van der Waals surface area contributed by atoms with E-state index in [2.05, 4.69) is 10.6 Å². The van der Waals surface area contributed by atoms with Gasteiger partial charge in [0.2, 0.25) is 17.7 Å². The van der Waals surface area contributed by atoms with E-state index in [0.29, 0.717) is 30.1 Å². The Bertz CT molecular complexity index is 1210. The molecule has 0 radical (unpaired) electrons. The highest BCUT2D eigenvalue weighted by Gasteiger charge is 2.79. The minimum atomic E-state index is -1.15. The average Bonchev–Trinajstić information content (AvgIpc) is 3.39. The molecule has 2 bridgehead atoms. The van der Waals surface area contributed by atoms with Crippen molar-refractivity contribution < 1.29 is 24.2 Å². The van der Waals surface area contributed by atoms with E-state index >= 15 is 0 Å². The molecule has 3 amide bonds. The lowest BCUT2D eigenvalue weighted by Crippen LogP contribution is -2.54. The number of carbonyl (C=O) groups excluding carboxylic acids is 3. The summed E-state index contributed by atoms with van der Waals surface area (Å²) in [5.41, 5.74) is -0.659. The maximum Gasteiger partial charge on any atom is 0.250 e. The topological polar surface area (TPSA) is 108 Å². The first-order valence-corrected chi connectivity index (χ1v) is 13.1. The van der Waals surface area contributed by atoms with E-state index in [1.807, 2.05) is 44.2 Å². The number of likely N-dealkylation sites (tertiary alicyclic amines) is 1. The van der Waals surface area contributed by atoms with Crippen LogP contribution in [0.2, 0.25) is 5.02 Å². The van der Waals surface area contributed by atoms with Gasteiger partial charge in [0.25, 0.3) is 0 Å². The second-order valence-electron chi connectivity index (χ2n) is 10.5. The maximum absolute atomic E-state index is 13.9. The van der Waals surface area contributed by atoms with Crippen LogP contribution in [-0.4, -0.2) is 58.1 Å². The summed E-state index contributed by atoms with van der Waals surface area (Å²) < 4.78 is 6.67. The second-order valence-corrected chi connectivity index (χ2v) is 10.9. The summed E-state index contributed by atoms with van der Waals surface area (Å²) in [5.74, 6) is -2.57. The van der Waals surface area contributed by atoms with Crippen molar-refractivity contribution in [2.45, 2.75) is 50.5 Å². The van der Waals surface area contributed by atoms with Gasteiger partial charge < -0.3 is 25.4 Å². The third-order valence-electron chi connectivity index (χ3n) is 8.34. The van der Waals surface area contributed by atoms with Crippen molar-refractivity contribution in [1.29, 1.82) is 0 Å². The number of nitrogens with zero attached hydrogens (tertiary/aromatic N) is 1. The van der Waals surface area contributed by atoms with Gasteiger partial charge in [0, 0.05) is 19.7 Å². The summed E-state index contributed by atoms with van der Waals surface area (Å²) in [4.78, 5) is 42.9. The van der Waals surface area contributed by atoms with E-state index in [4.69, 9.17) is 16.3 Å². The SMILES string of the molecule is CC1CC23O[C@]1(C)[C@@H](C(=O)NCc1ccccc1)[C@H]2C(=O)N(CCCO)C3C(=O)Nc1ccccc1Cl. The van der Waals surface area contributed by atoms with E-state index in [1.54, 1.807) is 24.3 Å². The molecule has 0 saturated carbocycles. The molecule has 5 rings (SSSR count). The third-order valence-corrected chi connectivity index (χ3v) is 8.67. The zero-order chi connectivity index (χ0) is 26.4. The van der Waals surface area contributed by atoms with Gasteiger partial charge in [-0.1, -0.05) is 61.0 Å². The van der Waals surface area contributed by atoms with Crippen molar-refractivity contribution >= 4 is 35.0 Å². The smallest absolute Gasteiger partial charge is 0.250 e. The number of hydrogen-bond acceptors (Lipinski definition) is 5. The molecule has 37 heavy (non-hydrogen) atoms. The van der Waals surface area contributed by atoms with Gasteiger partial charge in [-0.2, -0.15) is 0 Å². The van der Waals surface area contributed by atoms with Crippen LogP contribution >= 0.6 is 11.6 Å². The Morgan fingerprint density at radius 3 is 2.54 bits per heavy atom. The van der Waals surface area contributed by atoms with Gasteiger partial charge >= 0.3 is 0 Å². The number of amides is 3. The maximum atomic E-state index is 13.9. The molecule has 9 heteroatoms. The lowest BCUT2D eigenvalue weighted by atomic mass is 9.62. The van der Waals surface area contributed by atoms with Crippen molar-refractivity contribution in [3.63, 3.8) is 0 Å². The number of rotatable bonds is 8. The van der Waals surface area contributed by atoms with Gasteiger partial charge in [-0.15, -0.1) is 0 Å². The van der Waals surface area contributed by atoms with Crippen molar-refractivity contribution in [1.82, 2.24) is 10.2 Å². The molecule has 3 unspecified atom stereocenters. The Kier molecular flexibility index (Phi) is 6.77. The van der Waals surface area contributed by atoms with Gasteiger partial charge in [0.15, 0.2) is 0 Å². The summed E-state index contributed by atoms with van der Waals surface area (Å²) in [5, 5.41) is 15.8. The van der Waals surface area contributed by atoms with Crippen LogP contribution in [0, 0.1) is 17.8 Å². The van der Waals surface area contributed by atoms with Crippen LogP contribution in [0.3, 0.4) is 0 Å². The molecule has 2 aromatic carbocycles. The zero-order valence-electron chi connectivity index (χ0n) is 20.9. The van der Waals surface area contributed by atoms with Gasteiger partial charge in [-0.05, 0) is 43.4 Å². The first-order valence-electron chi connectivity index (χ1n) is 12.7. The summed E-state index contributed by atoms with van der Waals surface area (Å²) >= 11 is 6.29. The second kappa shape index (κ2) is 9.74. The number of ether oxygens (including phenoxy) is 1. The Morgan fingerprint density at radius 2 is 1.84 bits per heavy atom. The van der Waals surface area contributed by atoms with E-state index in [9.17, 15) is 19.5 Å². The number of carbonyl (C=O) groups is 3. The summed E-state index contributed by atoms with van der Waals surface area (Å²) in [6.07, 6.45) is 0.778. The van der Waals surface area contributed by atoms with Crippen LogP contribution in [0.4, 0.5) is 5.69 Å². The van der Waals surface area contributed by atoms with Gasteiger partial charge in [0.1, 0.15) is 11.6 Å². The van der Waals surface area contributed by atoms with Crippen LogP contribution in [0.15, 0.2) is 54.6 Å². The fourth-order valence-corrected chi connectivity index (χ4v) is 6.76. The van der Waals surface area contributed by atoms with Crippen molar-refractivity contribution in [3.8, 4) is 0 Å². The number of fused-ring (bicyclic) bond motifs is 1. The molecule has 6 atom stereocenters. The molecule has 3 saturated heterocycles. The lowest BCUT2D eigenvalue weighted by Gasteiger charge is -2.36. The third kappa shape index (κ3) is 4.11. The Balaban J connectivity index is 1.48. The van der Waals surface area contributed by atoms with E-state index in [-0.39, 0.29) is 30.9 Å². The number of aliphatic hydroxyl groups is 1. The minimum absolute atomic E-state index is 0.0579. The predicted octanol–water partition coefficient (Wildman–Crippen LogP) is 2.99. The highest BCUT2D eigenvalue weighted by molar-refractivity contribution is 6.33. The predicted molar refractivity (Wildman–Crippen MR) is 139 cm³/mol.